The maximum atomic E-state index is 10.7. The van der Waals surface area contributed by atoms with Crippen LogP contribution in [0.2, 0.25) is 0 Å². The first-order valence-electron chi connectivity index (χ1n) is 4.14. The first kappa shape index (κ1) is 42.8. The molecular weight excluding hydrogens is 264 g/mol. The number of carbonyl (C=O) groups excluding carboxylic acids is 2. The van der Waals surface area contributed by atoms with Gasteiger partial charge < -0.3 is 19.7 Å². The van der Waals surface area contributed by atoms with Gasteiger partial charge in [-0.05, 0) is 13.8 Å². The molecule has 0 bridgehead atoms. The van der Waals surface area contributed by atoms with Gasteiger partial charge >= 0.3 is 11.9 Å². The lowest BCUT2D eigenvalue weighted by Crippen LogP contribution is -2.24. The van der Waals surface area contributed by atoms with E-state index >= 15 is 0 Å². The van der Waals surface area contributed by atoms with E-state index in [4.69, 9.17) is 10.2 Å². The molecule has 0 rings (SSSR count). The molecule has 0 radical (unpaired) electrons. The summed E-state index contributed by atoms with van der Waals surface area (Å²) in [5.41, 5.74) is 0. The van der Waals surface area contributed by atoms with Crippen LogP contribution in [0.1, 0.15) is 58.4 Å². The normalized spacial score (nSPS) is 10.0. The minimum absolute atomic E-state index is 0. The van der Waals surface area contributed by atoms with E-state index < -0.39 is 24.1 Å². The van der Waals surface area contributed by atoms with Crippen molar-refractivity contribution in [1.82, 2.24) is 0 Å². The van der Waals surface area contributed by atoms with Crippen LogP contribution in [0.4, 0.5) is 0 Å². The first-order valence-corrected chi connectivity index (χ1v) is 4.14. The van der Waals surface area contributed by atoms with Gasteiger partial charge in [0.25, 0.3) is 0 Å². The van der Waals surface area contributed by atoms with E-state index in [0.717, 1.165) is 0 Å². The Kier molecular flexibility index (Phi) is 49.2. The zero-order valence-electron chi connectivity index (χ0n) is 8.10. The van der Waals surface area contributed by atoms with Crippen LogP contribution in [-0.4, -0.2) is 47.6 Å². The third-order valence-corrected chi connectivity index (χ3v) is 1.25. The van der Waals surface area contributed by atoms with Crippen LogP contribution in [0.5, 0.6) is 0 Å². The maximum absolute atomic E-state index is 10.7. The molecule has 0 heterocycles. The molecule has 0 saturated carbocycles. The molecule has 0 fully saturated rings. The Balaban J connectivity index is -0.0000000563. The van der Waals surface area contributed by atoms with Crippen molar-refractivity contribution in [3.63, 3.8) is 0 Å². The Morgan fingerprint density at radius 1 is 0.750 bits per heavy atom. The van der Waals surface area contributed by atoms with Crippen molar-refractivity contribution in [3.8, 4) is 0 Å². The highest BCUT2D eigenvalue weighted by Gasteiger charge is 2.12. The van der Waals surface area contributed by atoms with Gasteiger partial charge in [0.15, 0.2) is 0 Å². The summed E-state index contributed by atoms with van der Waals surface area (Å²) in [6.07, 6.45) is -2.38. The SMILES string of the molecule is C.C.C.C.C.C.CC(O)C(=O)OCCOC(=O)C(C)O. The molecule has 0 aromatic carbocycles. The fourth-order valence-electron chi connectivity index (χ4n) is 0.526. The highest BCUT2D eigenvalue weighted by atomic mass is 16.6. The van der Waals surface area contributed by atoms with Crippen molar-refractivity contribution in [2.45, 2.75) is 70.6 Å². The van der Waals surface area contributed by atoms with Crippen molar-refractivity contribution in [2.75, 3.05) is 13.2 Å². The lowest BCUT2D eigenvalue weighted by Gasteiger charge is -2.08. The molecule has 0 aromatic rings. The average molecular weight is 302 g/mol. The van der Waals surface area contributed by atoms with Crippen LogP contribution >= 0.6 is 0 Å². The van der Waals surface area contributed by atoms with Crippen LogP contribution in [-0.2, 0) is 19.1 Å². The highest BCUT2D eigenvalue weighted by Crippen LogP contribution is 1.89. The molecule has 2 atom stereocenters. The first-order chi connectivity index (χ1) is 6.45. The highest BCUT2D eigenvalue weighted by molar-refractivity contribution is 5.74. The van der Waals surface area contributed by atoms with E-state index in [2.05, 4.69) is 9.47 Å². The molecule has 2 N–H and O–H groups in total. The summed E-state index contributed by atoms with van der Waals surface area (Å²) in [7, 11) is 0. The van der Waals surface area contributed by atoms with E-state index in [1.807, 2.05) is 0 Å². The maximum Gasteiger partial charge on any atom is 0.334 e. The number of carbonyl (C=O) groups is 2. The van der Waals surface area contributed by atoms with Gasteiger partial charge in [0.2, 0.25) is 0 Å². The van der Waals surface area contributed by atoms with Crippen LogP contribution in [0, 0.1) is 0 Å². The second-order valence-corrected chi connectivity index (χ2v) is 2.69. The smallest absolute Gasteiger partial charge is 0.334 e. The van der Waals surface area contributed by atoms with Gasteiger partial charge in [-0.15, -0.1) is 0 Å². The van der Waals surface area contributed by atoms with E-state index in [0.29, 0.717) is 0 Å². The average Bonchev–Trinajstić information content (AvgIpc) is 2.11. The Morgan fingerprint density at radius 3 is 1.10 bits per heavy atom. The minimum Gasteiger partial charge on any atom is -0.460 e. The van der Waals surface area contributed by atoms with E-state index in [-0.39, 0.29) is 57.8 Å². The quantitative estimate of drug-likeness (QED) is 0.599. The summed E-state index contributed by atoms with van der Waals surface area (Å²) in [6.45, 7) is 2.26. The molecule has 0 aliphatic heterocycles. The summed E-state index contributed by atoms with van der Waals surface area (Å²) in [4.78, 5) is 21.3. The summed E-state index contributed by atoms with van der Waals surface area (Å²) >= 11 is 0. The summed E-state index contributed by atoms with van der Waals surface area (Å²) < 4.78 is 8.97. The van der Waals surface area contributed by atoms with Gasteiger partial charge in [-0.1, -0.05) is 44.6 Å². The van der Waals surface area contributed by atoms with Gasteiger partial charge in [-0.2, -0.15) is 0 Å². The van der Waals surface area contributed by atoms with E-state index in [9.17, 15) is 9.59 Å². The molecule has 0 saturated heterocycles. The number of hydrogen-bond donors (Lipinski definition) is 2. The Hall–Kier alpha value is -1.14. The lowest BCUT2D eigenvalue weighted by molar-refractivity contribution is -0.161. The van der Waals surface area contributed by atoms with Crippen molar-refractivity contribution in [2.24, 2.45) is 0 Å². The zero-order chi connectivity index (χ0) is 11.1. The molecule has 130 valence electrons. The van der Waals surface area contributed by atoms with Crippen molar-refractivity contribution < 1.29 is 29.3 Å². The molecule has 20 heavy (non-hydrogen) atoms. The summed E-state index contributed by atoms with van der Waals surface area (Å²) in [5.74, 6) is -1.56. The standard InChI is InChI=1S/C8H14O6.6CH4/c1-5(9)7(11)13-3-4-14-8(12)6(2)10;;;;;;/h5-6,9-10H,3-4H2,1-2H3;6*1H4. The topological polar surface area (TPSA) is 93.1 Å². The number of ether oxygens (including phenoxy) is 2. The molecule has 0 spiro atoms. The molecule has 2 unspecified atom stereocenters. The fourth-order valence-corrected chi connectivity index (χ4v) is 0.526. The molecule has 0 aliphatic rings. The number of aliphatic hydroxyl groups excluding tert-OH is 2. The molecule has 0 aliphatic carbocycles. The number of rotatable bonds is 5. The third kappa shape index (κ3) is 22.1. The Morgan fingerprint density at radius 2 is 0.950 bits per heavy atom. The van der Waals surface area contributed by atoms with Crippen LogP contribution in [0.15, 0.2) is 0 Å². The predicted molar refractivity (Wildman–Crippen MR) is 85.7 cm³/mol. The van der Waals surface area contributed by atoms with Crippen molar-refractivity contribution in [1.29, 1.82) is 0 Å². The largest absolute Gasteiger partial charge is 0.460 e. The molecule has 0 amide bonds. The predicted octanol–water partition coefficient (Wildman–Crippen LogP) is 2.65. The van der Waals surface area contributed by atoms with E-state index in [1.54, 1.807) is 0 Å². The molecule has 0 aromatic heterocycles. The number of hydrogen-bond acceptors (Lipinski definition) is 6. The summed E-state index contributed by atoms with van der Waals surface area (Å²) in [6, 6.07) is 0. The van der Waals surface area contributed by atoms with Gasteiger partial charge in [-0.3, -0.25) is 0 Å². The van der Waals surface area contributed by atoms with Gasteiger partial charge in [0, 0.05) is 0 Å². The van der Waals surface area contributed by atoms with Gasteiger partial charge in [0.1, 0.15) is 25.4 Å². The number of esters is 2. The second-order valence-electron chi connectivity index (χ2n) is 2.69. The monoisotopic (exact) mass is 302 g/mol. The van der Waals surface area contributed by atoms with Gasteiger partial charge in [0.05, 0.1) is 0 Å². The zero-order valence-corrected chi connectivity index (χ0v) is 8.10. The Bertz CT molecular complexity index is 180. The van der Waals surface area contributed by atoms with Crippen LogP contribution in [0.3, 0.4) is 0 Å². The van der Waals surface area contributed by atoms with Crippen LogP contribution < -0.4 is 0 Å². The molecular formula is C14H38O6. The molecule has 6 nitrogen and oxygen atoms in total. The second kappa shape index (κ2) is 23.0. The van der Waals surface area contributed by atoms with Crippen molar-refractivity contribution >= 4 is 11.9 Å². The van der Waals surface area contributed by atoms with Crippen LogP contribution in [0.25, 0.3) is 0 Å². The van der Waals surface area contributed by atoms with Gasteiger partial charge in [-0.25, -0.2) is 9.59 Å². The molecule has 6 heteroatoms. The minimum atomic E-state index is -1.19. The van der Waals surface area contributed by atoms with E-state index in [1.165, 1.54) is 13.8 Å². The lowest BCUT2D eigenvalue weighted by atomic mass is 10.4. The van der Waals surface area contributed by atoms with Crippen molar-refractivity contribution in [3.05, 3.63) is 0 Å². The Labute approximate surface area is 126 Å². The third-order valence-electron chi connectivity index (χ3n) is 1.25. The fraction of sp³-hybridized carbons (Fsp3) is 0.857. The summed E-state index contributed by atoms with van der Waals surface area (Å²) in [5, 5.41) is 17.4. The number of aliphatic hydroxyl groups is 2.